The number of hydrogen-bond donors (Lipinski definition) is 1. The van der Waals surface area contributed by atoms with Crippen molar-refractivity contribution in [2.75, 3.05) is 0 Å². The number of nitrogens with one attached hydrogen (secondary N) is 1. The van der Waals surface area contributed by atoms with Gasteiger partial charge in [0.1, 0.15) is 5.82 Å². The molecule has 0 saturated heterocycles. The fourth-order valence-corrected chi connectivity index (χ4v) is 1.75. The average molecular weight is 247 g/mol. The highest BCUT2D eigenvalue weighted by atomic mass is 19.1. The van der Waals surface area contributed by atoms with E-state index >= 15 is 0 Å². The zero-order valence-electron chi connectivity index (χ0n) is 10.9. The zero-order valence-corrected chi connectivity index (χ0v) is 10.9. The second-order valence-electron chi connectivity index (χ2n) is 4.72. The number of aromatic nitrogens is 2. The molecule has 1 heterocycles. The second-order valence-corrected chi connectivity index (χ2v) is 4.72. The normalized spacial score (nSPS) is 11.2. The SMILES string of the molecule is CC(C)NCc1cc(-c2ccn(C)n2)ccc1F. The third kappa shape index (κ3) is 2.96. The molecular weight excluding hydrogens is 229 g/mol. The van der Waals surface area contributed by atoms with Crippen molar-refractivity contribution in [2.45, 2.75) is 26.4 Å². The predicted octanol–water partition coefficient (Wildman–Crippen LogP) is 2.72. The summed E-state index contributed by atoms with van der Waals surface area (Å²) in [6, 6.07) is 7.38. The molecule has 0 atom stereocenters. The van der Waals surface area contributed by atoms with Crippen LogP contribution in [0.25, 0.3) is 11.3 Å². The van der Waals surface area contributed by atoms with Gasteiger partial charge < -0.3 is 5.32 Å². The molecule has 4 heteroatoms. The average Bonchev–Trinajstić information content (AvgIpc) is 2.74. The maximum absolute atomic E-state index is 13.7. The summed E-state index contributed by atoms with van der Waals surface area (Å²) >= 11 is 0. The van der Waals surface area contributed by atoms with Crippen LogP contribution < -0.4 is 5.32 Å². The van der Waals surface area contributed by atoms with Gasteiger partial charge in [-0.2, -0.15) is 5.10 Å². The first kappa shape index (κ1) is 12.8. The summed E-state index contributed by atoms with van der Waals surface area (Å²) in [6.45, 7) is 4.62. The standard InChI is InChI=1S/C14H18FN3/c1-10(2)16-9-12-8-11(4-5-13(12)15)14-6-7-18(3)17-14/h4-8,10,16H,9H2,1-3H3. The molecule has 2 rings (SSSR count). The van der Waals surface area contributed by atoms with E-state index in [1.807, 2.05) is 39.2 Å². The molecule has 0 spiro atoms. The van der Waals surface area contributed by atoms with Gasteiger partial charge in [0.15, 0.2) is 0 Å². The predicted molar refractivity (Wildman–Crippen MR) is 70.6 cm³/mol. The summed E-state index contributed by atoms with van der Waals surface area (Å²) in [6.07, 6.45) is 1.88. The number of halogens is 1. The molecule has 0 saturated carbocycles. The van der Waals surface area contributed by atoms with E-state index in [1.54, 1.807) is 10.7 Å². The minimum Gasteiger partial charge on any atom is -0.310 e. The van der Waals surface area contributed by atoms with Gasteiger partial charge in [0.2, 0.25) is 0 Å². The fourth-order valence-electron chi connectivity index (χ4n) is 1.75. The molecule has 1 aromatic heterocycles. The molecule has 1 N–H and O–H groups in total. The van der Waals surface area contributed by atoms with Crippen LogP contribution in [0.1, 0.15) is 19.4 Å². The van der Waals surface area contributed by atoms with E-state index in [9.17, 15) is 4.39 Å². The van der Waals surface area contributed by atoms with Crippen LogP contribution in [0.3, 0.4) is 0 Å². The van der Waals surface area contributed by atoms with Crippen molar-refractivity contribution in [3.8, 4) is 11.3 Å². The number of aryl methyl sites for hydroxylation is 1. The smallest absolute Gasteiger partial charge is 0.127 e. The first-order valence-electron chi connectivity index (χ1n) is 6.08. The Morgan fingerprint density at radius 1 is 1.33 bits per heavy atom. The van der Waals surface area contributed by atoms with E-state index in [1.165, 1.54) is 6.07 Å². The molecule has 1 aromatic carbocycles. The molecule has 0 aliphatic carbocycles. The molecule has 0 aliphatic heterocycles. The van der Waals surface area contributed by atoms with Crippen molar-refractivity contribution in [3.05, 3.63) is 41.8 Å². The van der Waals surface area contributed by atoms with Gasteiger partial charge in [0, 0.05) is 37.0 Å². The minimum absolute atomic E-state index is 0.178. The molecule has 0 bridgehead atoms. The number of benzene rings is 1. The molecule has 0 fully saturated rings. The largest absolute Gasteiger partial charge is 0.310 e. The maximum Gasteiger partial charge on any atom is 0.127 e. The number of rotatable bonds is 4. The van der Waals surface area contributed by atoms with E-state index in [0.29, 0.717) is 18.2 Å². The van der Waals surface area contributed by atoms with Crippen molar-refractivity contribution in [1.82, 2.24) is 15.1 Å². The first-order valence-corrected chi connectivity index (χ1v) is 6.08. The highest BCUT2D eigenvalue weighted by molar-refractivity contribution is 5.59. The van der Waals surface area contributed by atoms with E-state index in [2.05, 4.69) is 10.4 Å². The molecule has 0 unspecified atom stereocenters. The topological polar surface area (TPSA) is 29.9 Å². The lowest BCUT2D eigenvalue weighted by molar-refractivity contribution is 0.553. The number of nitrogens with zero attached hydrogens (tertiary/aromatic N) is 2. The third-order valence-corrected chi connectivity index (χ3v) is 2.76. The quantitative estimate of drug-likeness (QED) is 0.900. The van der Waals surface area contributed by atoms with Crippen LogP contribution in [0, 0.1) is 5.82 Å². The first-order chi connectivity index (χ1) is 8.56. The maximum atomic E-state index is 13.7. The Hall–Kier alpha value is -1.68. The van der Waals surface area contributed by atoms with Crippen LogP contribution in [0.5, 0.6) is 0 Å². The van der Waals surface area contributed by atoms with Crippen LogP contribution in [-0.2, 0) is 13.6 Å². The van der Waals surface area contributed by atoms with Crippen molar-refractivity contribution in [2.24, 2.45) is 7.05 Å². The summed E-state index contributed by atoms with van der Waals surface area (Å²) in [5, 5.41) is 7.54. The molecular formula is C14H18FN3. The summed E-state index contributed by atoms with van der Waals surface area (Å²) in [5.74, 6) is -0.178. The summed E-state index contributed by atoms with van der Waals surface area (Å²) in [5.41, 5.74) is 2.48. The van der Waals surface area contributed by atoms with Gasteiger partial charge >= 0.3 is 0 Å². The Morgan fingerprint density at radius 2 is 2.11 bits per heavy atom. The van der Waals surface area contributed by atoms with Crippen LogP contribution in [0.4, 0.5) is 4.39 Å². The van der Waals surface area contributed by atoms with E-state index in [0.717, 1.165) is 11.3 Å². The van der Waals surface area contributed by atoms with E-state index < -0.39 is 0 Å². The van der Waals surface area contributed by atoms with Crippen molar-refractivity contribution < 1.29 is 4.39 Å². The monoisotopic (exact) mass is 247 g/mol. The van der Waals surface area contributed by atoms with Crippen LogP contribution in [0.2, 0.25) is 0 Å². The molecule has 0 aliphatic rings. The molecule has 0 amide bonds. The van der Waals surface area contributed by atoms with Crippen molar-refractivity contribution >= 4 is 0 Å². The molecule has 3 nitrogen and oxygen atoms in total. The summed E-state index contributed by atoms with van der Waals surface area (Å²) in [7, 11) is 1.87. The van der Waals surface area contributed by atoms with Crippen LogP contribution >= 0.6 is 0 Å². The molecule has 96 valence electrons. The lowest BCUT2D eigenvalue weighted by Crippen LogP contribution is -2.22. The Morgan fingerprint density at radius 3 is 2.72 bits per heavy atom. The number of hydrogen-bond acceptors (Lipinski definition) is 2. The molecule has 18 heavy (non-hydrogen) atoms. The lowest BCUT2D eigenvalue weighted by Gasteiger charge is -2.10. The van der Waals surface area contributed by atoms with Gasteiger partial charge in [0.25, 0.3) is 0 Å². The molecule has 0 radical (unpaired) electrons. The summed E-state index contributed by atoms with van der Waals surface area (Å²) < 4.78 is 15.4. The van der Waals surface area contributed by atoms with Gasteiger partial charge in [-0.05, 0) is 24.3 Å². The van der Waals surface area contributed by atoms with Crippen LogP contribution in [-0.4, -0.2) is 15.8 Å². The Kier molecular flexibility index (Phi) is 3.77. The van der Waals surface area contributed by atoms with Crippen LogP contribution in [0.15, 0.2) is 30.5 Å². The Balaban J connectivity index is 2.25. The van der Waals surface area contributed by atoms with Gasteiger partial charge in [0.05, 0.1) is 5.69 Å². The van der Waals surface area contributed by atoms with Crippen molar-refractivity contribution in [3.63, 3.8) is 0 Å². The van der Waals surface area contributed by atoms with Gasteiger partial charge in [-0.25, -0.2) is 4.39 Å². The van der Waals surface area contributed by atoms with E-state index in [4.69, 9.17) is 0 Å². The highest BCUT2D eigenvalue weighted by Gasteiger charge is 2.07. The van der Waals surface area contributed by atoms with Gasteiger partial charge in [-0.15, -0.1) is 0 Å². The Bertz CT molecular complexity index is 532. The van der Waals surface area contributed by atoms with Crippen molar-refractivity contribution in [1.29, 1.82) is 0 Å². The second kappa shape index (κ2) is 5.31. The highest BCUT2D eigenvalue weighted by Crippen LogP contribution is 2.20. The zero-order chi connectivity index (χ0) is 13.1. The third-order valence-electron chi connectivity index (χ3n) is 2.76. The lowest BCUT2D eigenvalue weighted by atomic mass is 10.1. The summed E-state index contributed by atoms with van der Waals surface area (Å²) in [4.78, 5) is 0. The minimum atomic E-state index is -0.178. The van der Waals surface area contributed by atoms with Gasteiger partial charge in [-0.1, -0.05) is 13.8 Å². The Labute approximate surface area is 107 Å². The fraction of sp³-hybridized carbons (Fsp3) is 0.357. The van der Waals surface area contributed by atoms with E-state index in [-0.39, 0.29) is 5.82 Å². The van der Waals surface area contributed by atoms with Gasteiger partial charge in [-0.3, -0.25) is 4.68 Å². The molecule has 2 aromatic rings.